The van der Waals surface area contributed by atoms with Gasteiger partial charge in [0.25, 0.3) is 0 Å². The number of nitrogens with zero attached hydrogens (tertiary/aromatic N) is 2. The Labute approximate surface area is 138 Å². The van der Waals surface area contributed by atoms with Crippen LogP contribution in [-0.4, -0.2) is 38.8 Å². The van der Waals surface area contributed by atoms with Gasteiger partial charge in [-0.1, -0.05) is 13.8 Å². The minimum absolute atomic E-state index is 0.0757. The van der Waals surface area contributed by atoms with E-state index in [1.54, 1.807) is 34.5 Å². The van der Waals surface area contributed by atoms with Gasteiger partial charge in [0.2, 0.25) is 15.9 Å². The van der Waals surface area contributed by atoms with Crippen molar-refractivity contribution in [2.75, 3.05) is 25.0 Å². The molecule has 0 spiro atoms. The lowest BCUT2D eigenvalue weighted by atomic mass is 9.94. The van der Waals surface area contributed by atoms with Crippen LogP contribution in [0.1, 0.15) is 32.3 Å². The first-order valence-electron chi connectivity index (χ1n) is 8.18. The number of rotatable bonds is 2. The number of carbonyl (C=O) groups is 1. The van der Waals surface area contributed by atoms with Crippen LogP contribution in [0.4, 0.5) is 5.69 Å². The molecule has 0 radical (unpaired) electrons. The van der Waals surface area contributed by atoms with Crippen molar-refractivity contribution >= 4 is 21.6 Å². The van der Waals surface area contributed by atoms with E-state index in [4.69, 9.17) is 0 Å². The summed E-state index contributed by atoms with van der Waals surface area (Å²) in [5, 5.41) is 0. The Balaban J connectivity index is 1.93. The predicted molar refractivity (Wildman–Crippen MR) is 89.9 cm³/mol. The van der Waals surface area contributed by atoms with E-state index in [2.05, 4.69) is 13.8 Å². The number of fused-ring (bicyclic) bond motifs is 1. The number of piperidine rings is 1. The molecule has 23 heavy (non-hydrogen) atoms. The van der Waals surface area contributed by atoms with Crippen LogP contribution in [0.15, 0.2) is 23.1 Å². The van der Waals surface area contributed by atoms with Gasteiger partial charge in [-0.15, -0.1) is 0 Å². The zero-order valence-corrected chi connectivity index (χ0v) is 14.8. The molecular weight excluding hydrogens is 312 g/mol. The topological polar surface area (TPSA) is 57.7 Å². The number of amides is 1. The Morgan fingerprint density at radius 2 is 1.74 bits per heavy atom. The molecular formula is C17H24N2O3S. The lowest BCUT2D eigenvalue weighted by Gasteiger charge is -2.34. The summed E-state index contributed by atoms with van der Waals surface area (Å²) in [6.45, 7) is 5.38. The Kier molecular flexibility index (Phi) is 4.23. The average Bonchev–Trinajstić information content (AvgIpc) is 2.49. The third kappa shape index (κ3) is 3.02. The number of anilines is 1. The highest BCUT2D eigenvalue weighted by atomic mass is 32.2. The van der Waals surface area contributed by atoms with Gasteiger partial charge in [-0.25, -0.2) is 8.42 Å². The second kappa shape index (κ2) is 5.91. The highest BCUT2D eigenvalue weighted by Crippen LogP contribution is 2.32. The fraction of sp³-hybridized carbons (Fsp3) is 0.588. The number of aryl methyl sites for hydroxylation is 1. The number of carbonyl (C=O) groups excluding carboxylic acids is 1. The molecule has 0 saturated carbocycles. The van der Waals surface area contributed by atoms with Crippen LogP contribution in [0.3, 0.4) is 0 Å². The van der Waals surface area contributed by atoms with Crippen molar-refractivity contribution in [2.45, 2.75) is 38.0 Å². The summed E-state index contributed by atoms with van der Waals surface area (Å²) in [7, 11) is -1.72. The Bertz CT molecular complexity index is 719. The minimum Gasteiger partial charge on any atom is -0.315 e. The van der Waals surface area contributed by atoms with Gasteiger partial charge in [-0.05, 0) is 48.4 Å². The Morgan fingerprint density at radius 3 is 2.39 bits per heavy atom. The summed E-state index contributed by atoms with van der Waals surface area (Å²) < 4.78 is 27.5. The van der Waals surface area contributed by atoms with E-state index < -0.39 is 10.0 Å². The van der Waals surface area contributed by atoms with Gasteiger partial charge in [0.1, 0.15) is 0 Å². The van der Waals surface area contributed by atoms with Gasteiger partial charge in [0, 0.05) is 32.2 Å². The molecule has 1 fully saturated rings. The summed E-state index contributed by atoms with van der Waals surface area (Å²) in [6, 6.07) is 5.14. The molecule has 0 aromatic heterocycles. The third-order valence-corrected chi connectivity index (χ3v) is 6.70. The first-order valence-corrected chi connectivity index (χ1v) is 9.62. The van der Waals surface area contributed by atoms with Crippen molar-refractivity contribution in [2.24, 2.45) is 11.8 Å². The predicted octanol–water partition coefficient (Wildman–Crippen LogP) is 2.26. The molecule has 3 rings (SSSR count). The molecule has 126 valence electrons. The fourth-order valence-corrected chi connectivity index (χ4v) is 5.48. The maximum Gasteiger partial charge on any atom is 0.243 e. The number of hydrogen-bond acceptors (Lipinski definition) is 3. The highest BCUT2D eigenvalue weighted by molar-refractivity contribution is 7.89. The van der Waals surface area contributed by atoms with Crippen molar-refractivity contribution in [3.63, 3.8) is 0 Å². The van der Waals surface area contributed by atoms with E-state index >= 15 is 0 Å². The van der Waals surface area contributed by atoms with Gasteiger partial charge >= 0.3 is 0 Å². The molecule has 0 N–H and O–H groups in total. The third-order valence-electron chi connectivity index (χ3n) is 4.87. The molecule has 5 nitrogen and oxygen atoms in total. The Morgan fingerprint density at radius 1 is 1.09 bits per heavy atom. The Hall–Kier alpha value is -1.40. The van der Waals surface area contributed by atoms with Gasteiger partial charge in [0.15, 0.2) is 0 Å². The van der Waals surface area contributed by atoms with Crippen LogP contribution in [0.2, 0.25) is 0 Å². The van der Waals surface area contributed by atoms with Gasteiger partial charge in [-0.3, -0.25) is 4.79 Å². The summed E-state index contributed by atoms with van der Waals surface area (Å²) in [4.78, 5) is 13.7. The van der Waals surface area contributed by atoms with Crippen molar-refractivity contribution in [3.05, 3.63) is 23.8 Å². The molecule has 1 aromatic rings. The maximum absolute atomic E-state index is 13.0. The van der Waals surface area contributed by atoms with Crippen molar-refractivity contribution in [1.82, 2.24) is 4.31 Å². The van der Waals surface area contributed by atoms with Crippen molar-refractivity contribution < 1.29 is 13.2 Å². The first-order chi connectivity index (χ1) is 10.8. The van der Waals surface area contributed by atoms with E-state index in [1.165, 1.54) is 0 Å². The van der Waals surface area contributed by atoms with Crippen LogP contribution >= 0.6 is 0 Å². The molecule has 6 heteroatoms. The lowest BCUT2D eigenvalue weighted by molar-refractivity contribution is -0.118. The van der Waals surface area contributed by atoms with Crippen LogP contribution in [0.5, 0.6) is 0 Å². The highest BCUT2D eigenvalue weighted by Gasteiger charge is 2.32. The van der Waals surface area contributed by atoms with Crippen LogP contribution < -0.4 is 4.90 Å². The SMILES string of the molecule is C[C@@H]1C[C@@H](C)CN(S(=O)(=O)c2ccc3c(c2)CCC(=O)N3C)C1. The lowest BCUT2D eigenvalue weighted by Crippen LogP contribution is -2.42. The molecule has 2 heterocycles. The van der Waals surface area contributed by atoms with E-state index in [1.807, 2.05) is 0 Å². The van der Waals surface area contributed by atoms with Crippen LogP contribution in [0.25, 0.3) is 0 Å². The smallest absolute Gasteiger partial charge is 0.243 e. The molecule has 0 unspecified atom stereocenters. The second-order valence-corrected chi connectivity index (χ2v) is 8.95. The standard InChI is InChI=1S/C17H24N2O3S/c1-12-8-13(2)11-19(10-12)23(21,22)15-5-6-16-14(9-15)4-7-17(20)18(16)3/h5-6,9,12-13H,4,7-8,10-11H2,1-3H3/t12-,13-/m1/s1. The number of sulfonamides is 1. The molecule has 0 bridgehead atoms. The van der Waals surface area contributed by atoms with Crippen molar-refractivity contribution in [1.29, 1.82) is 0 Å². The molecule has 2 atom stereocenters. The van der Waals surface area contributed by atoms with E-state index in [0.29, 0.717) is 42.7 Å². The molecule has 0 aliphatic carbocycles. The fourth-order valence-electron chi connectivity index (χ4n) is 3.74. The summed E-state index contributed by atoms with van der Waals surface area (Å²) >= 11 is 0. The maximum atomic E-state index is 13.0. The largest absolute Gasteiger partial charge is 0.315 e. The molecule has 1 saturated heterocycles. The number of benzene rings is 1. The molecule has 1 aromatic carbocycles. The van der Waals surface area contributed by atoms with E-state index in [9.17, 15) is 13.2 Å². The number of hydrogen-bond donors (Lipinski definition) is 0. The first kappa shape index (κ1) is 16.5. The monoisotopic (exact) mass is 336 g/mol. The van der Waals surface area contributed by atoms with Crippen molar-refractivity contribution in [3.8, 4) is 0 Å². The summed E-state index contributed by atoms with van der Waals surface area (Å²) in [5.41, 5.74) is 1.76. The van der Waals surface area contributed by atoms with Crippen LogP contribution in [-0.2, 0) is 21.2 Å². The average molecular weight is 336 g/mol. The molecule has 2 aliphatic rings. The van der Waals surface area contributed by atoms with Gasteiger partial charge in [-0.2, -0.15) is 4.31 Å². The normalized spacial score (nSPS) is 26.2. The zero-order chi connectivity index (χ0) is 16.8. The van der Waals surface area contributed by atoms with E-state index in [-0.39, 0.29) is 5.91 Å². The zero-order valence-electron chi connectivity index (χ0n) is 13.9. The quantitative estimate of drug-likeness (QED) is 0.832. The van der Waals surface area contributed by atoms with Gasteiger partial charge in [0.05, 0.1) is 4.90 Å². The minimum atomic E-state index is -3.46. The summed E-state index contributed by atoms with van der Waals surface area (Å²) in [5.74, 6) is 0.844. The molecule has 1 amide bonds. The van der Waals surface area contributed by atoms with Gasteiger partial charge < -0.3 is 4.90 Å². The summed E-state index contributed by atoms with van der Waals surface area (Å²) in [6.07, 6.45) is 2.11. The second-order valence-electron chi connectivity index (χ2n) is 7.01. The molecule has 2 aliphatic heterocycles. The van der Waals surface area contributed by atoms with Crippen LogP contribution in [0, 0.1) is 11.8 Å². The van der Waals surface area contributed by atoms with E-state index in [0.717, 1.165) is 17.7 Å².